The number of carbonyl (C=O) groups excluding carboxylic acids is 1. The van der Waals surface area contributed by atoms with Gasteiger partial charge in [0.1, 0.15) is 0 Å². The fourth-order valence-corrected chi connectivity index (χ4v) is 8.53. The van der Waals surface area contributed by atoms with E-state index in [0.717, 1.165) is 0 Å². The Labute approximate surface area is 284 Å². The van der Waals surface area contributed by atoms with Crippen molar-refractivity contribution in [3.8, 4) is 0 Å². The average Bonchev–Trinajstić information content (AvgIpc) is 2.89. The maximum atomic E-state index is 13.0. The second-order valence-corrected chi connectivity index (χ2v) is 32.3. The fourth-order valence-electron chi connectivity index (χ4n) is 4.46. The van der Waals surface area contributed by atoms with Crippen LogP contribution in [-0.4, -0.2) is 61.3 Å². The van der Waals surface area contributed by atoms with E-state index in [2.05, 4.69) is 122 Å². The Balaban J connectivity index is 3.50. The number of rotatable bonds is 15. The number of non-ortho nitro benzene ring substituents is 1. The molecule has 0 spiro atoms. The van der Waals surface area contributed by atoms with E-state index in [1.165, 1.54) is 24.3 Å². The monoisotopic (exact) mass is 697 g/mol. The normalized spacial score (nSPS) is 17.2. The Morgan fingerprint density at radius 3 is 1.41 bits per heavy atom. The summed E-state index contributed by atoms with van der Waals surface area (Å²) in [5.41, 5.74) is 0.212. The number of nitro benzene ring substituents is 1. The molecule has 1 rings (SSSR count). The first kappa shape index (κ1) is 42.6. The minimum atomic E-state index is -2.25. The molecule has 0 aliphatic heterocycles. The highest BCUT2D eigenvalue weighted by molar-refractivity contribution is 6.75. The lowest BCUT2D eigenvalue weighted by Gasteiger charge is -2.48. The zero-order chi connectivity index (χ0) is 36.3. The summed E-state index contributed by atoms with van der Waals surface area (Å²) in [7, 11) is -6.44. The van der Waals surface area contributed by atoms with Gasteiger partial charge in [-0.2, -0.15) is 0 Å². The van der Waals surface area contributed by atoms with E-state index in [1.54, 1.807) is 0 Å². The molecule has 0 aromatic heterocycles. The molecule has 0 N–H and O–H groups in total. The lowest BCUT2D eigenvalue weighted by molar-refractivity contribution is -0.384. The van der Waals surface area contributed by atoms with Gasteiger partial charge in [-0.1, -0.05) is 83.1 Å². The number of carbonyl (C=O) groups is 1. The fraction of sp³-hybridized carbons (Fsp3) is 0.800. The number of hydrogen-bond acceptors (Lipinski definition) is 7. The molecule has 0 amide bonds. The minimum absolute atomic E-state index is 0.0191. The lowest BCUT2D eigenvalue weighted by Crippen LogP contribution is -2.54. The first-order valence-corrected chi connectivity index (χ1v) is 25.6. The Bertz CT molecular complexity index is 1150. The third-order valence-electron chi connectivity index (χ3n) is 10.9. The summed E-state index contributed by atoms with van der Waals surface area (Å²) in [6.07, 6.45) is -0.371. The quantitative estimate of drug-likeness (QED) is 0.0778. The van der Waals surface area contributed by atoms with Crippen LogP contribution in [0.5, 0.6) is 0 Å². The zero-order valence-corrected chi connectivity index (χ0v) is 35.4. The van der Waals surface area contributed by atoms with Crippen LogP contribution in [0.15, 0.2) is 24.3 Å². The number of ether oxygens (including phenoxy) is 1. The summed E-state index contributed by atoms with van der Waals surface area (Å²) in [4.78, 5) is 23.6. The summed E-state index contributed by atoms with van der Waals surface area (Å²) in [6, 6.07) is 5.51. The summed E-state index contributed by atoms with van der Waals surface area (Å²) in [5.74, 6) is -0.552. The van der Waals surface area contributed by atoms with Gasteiger partial charge in [0.05, 0.1) is 29.3 Å². The van der Waals surface area contributed by atoms with Gasteiger partial charge in [-0.15, -0.1) is 0 Å². The van der Waals surface area contributed by atoms with E-state index in [-0.39, 0.29) is 62.9 Å². The molecule has 8 nitrogen and oxygen atoms in total. The second kappa shape index (κ2) is 15.4. The van der Waals surface area contributed by atoms with Crippen LogP contribution >= 0.6 is 0 Å². The lowest BCUT2D eigenvalue weighted by atomic mass is 9.85. The highest BCUT2D eigenvalue weighted by atomic mass is 28.4. The molecular formula is C35H67NO7Si3. The van der Waals surface area contributed by atoms with Gasteiger partial charge < -0.3 is 18.0 Å². The highest BCUT2D eigenvalue weighted by Gasteiger charge is 2.47. The molecule has 1 aromatic rings. The van der Waals surface area contributed by atoms with Gasteiger partial charge in [0.2, 0.25) is 0 Å². The van der Waals surface area contributed by atoms with Crippen LogP contribution in [-0.2, 0) is 18.0 Å². The van der Waals surface area contributed by atoms with Crippen LogP contribution in [0, 0.1) is 27.9 Å². The molecule has 46 heavy (non-hydrogen) atoms. The summed E-state index contributed by atoms with van der Waals surface area (Å²) >= 11 is 0. The standard InChI is InChI=1S/C35H67NO7Si3/c1-25(23-40-32(37)28-19-21-29(22-20-28)36(38)39)30(42-45(15,16)34(7,8)9)27(3)31(43-46(17,18)35(10,11)12)26(2)24-41-44(13,14)33(4,5)6/h19-22,25-27,30-31H,23-24H2,1-18H3/t25-,26-,27+,30+,31-/m0/s1. The Morgan fingerprint density at radius 1 is 0.696 bits per heavy atom. The smallest absolute Gasteiger partial charge is 0.338 e. The van der Waals surface area contributed by atoms with E-state index in [0.29, 0.717) is 6.61 Å². The number of hydrogen-bond donors (Lipinski definition) is 0. The molecule has 5 atom stereocenters. The van der Waals surface area contributed by atoms with Crippen LogP contribution in [0.3, 0.4) is 0 Å². The van der Waals surface area contributed by atoms with Gasteiger partial charge in [-0.3, -0.25) is 10.1 Å². The molecule has 0 fully saturated rings. The summed E-state index contributed by atoms with van der Waals surface area (Å²) < 4.78 is 27.1. The Kier molecular flexibility index (Phi) is 14.3. The van der Waals surface area contributed by atoms with Gasteiger partial charge in [0.15, 0.2) is 25.0 Å². The molecule has 266 valence electrons. The van der Waals surface area contributed by atoms with Crippen LogP contribution in [0.4, 0.5) is 5.69 Å². The summed E-state index contributed by atoms with van der Waals surface area (Å²) in [5, 5.41) is 11.2. The molecule has 0 radical (unpaired) electrons. The van der Waals surface area contributed by atoms with Crippen molar-refractivity contribution >= 4 is 36.6 Å². The van der Waals surface area contributed by atoms with Gasteiger partial charge >= 0.3 is 5.97 Å². The first-order valence-electron chi connectivity index (χ1n) is 16.9. The van der Waals surface area contributed by atoms with Gasteiger partial charge in [-0.05, 0) is 66.5 Å². The SMILES string of the molecule is C[C@@H]([C@@H](O[Si](C)(C)C(C)(C)C)[C@@H](C)CO[Si](C)(C)C(C)(C)C)[C@H](O[Si](C)(C)C(C)(C)C)[C@@H](C)COC(=O)c1ccc([N+](=O)[O-])cc1. The number of esters is 1. The molecule has 0 aliphatic rings. The molecule has 1 aromatic carbocycles. The number of nitro groups is 1. The van der Waals surface area contributed by atoms with Crippen molar-refractivity contribution < 1.29 is 27.7 Å². The van der Waals surface area contributed by atoms with Gasteiger partial charge in [0, 0.05) is 36.5 Å². The zero-order valence-electron chi connectivity index (χ0n) is 32.4. The molecule has 0 heterocycles. The van der Waals surface area contributed by atoms with Crippen LogP contribution in [0.2, 0.25) is 54.4 Å². The molecule has 11 heteroatoms. The van der Waals surface area contributed by atoms with Crippen molar-refractivity contribution in [3.63, 3.8) is 0 Å². The van der Waals surface area contributed by atoms with Gasteiger partial charge in [-0.25, -0.2) is 4.79 Å². The van der Waals surface area contributed by atoms with E-state index in [1.807, 2.05) is 0 Å². The minimum Gasteiger partial charge on any atom is -0.462 e. The first-order chi connectivity index (χ1) is 20.4. The molecular weight excluding hydrogens is 631 g/mol. The Hall–Kier alpha value is -1.38. The highest BCUT2D eigenvalue weighted by Crippen LogP contribution is 2.44. The van der Waals surface area contributed by atoms with Crippen molar-refractivity contribution in [1.29, 1.82) is 0 Å². The third kappa shape index (κ3) is 11.4. The summed E-state index contributed by atoms with van der Waals surface area (Å²) in [6.45, 7) is 41.3. The van der Waals surface area contributed by atoms with Crippen molar-refractivity contribution in [2.45, 2.75) is 150 Å². The van der Waals surface area contributed by atoms with E-state index in [9.17, 15) is 14.9 Å². The molecule has 0 unspecified atom stereocenters. The van der Waals surface area contributed by atoms with Crippen molar-refractivity contribution in [2.24, 2.45) is 17.8 Å². The van der Waals surface area contributed by atoms with E-state index < -0.39 is 35.8 Å². The van der Waals surface area contributed by atoms with Crippen molar-refractivity contribution in [3.05, 3.63) is 39.9 Å². The number of benzene rings is 1. The van der Waals surface area contributed by atoms with Crippen molar-refractivity contribution in [2.75, 3.05) is 13.2 Å². The third-order valence-corrected chi connectivity index (χ3v) is 24.4. The largest absolute Gasteiger partial charge is 0.462 e. The van der Waals surface area contributed by atoms with E-state index >= 15 is 0 Å². The number of nitrogens with zero attached hydrogens (tertiary/aromatic N) is 1. The van der Waals surface area contributed by atoms with Crippen LogP contribution in [0.25, 0.3) is 0 Å². The average molecular weight is 698 g/mol. The maximum Gasteiger partial charge on any atom is 0.338 e. The molecule has 0 saturated heterocycles. The van der Waals surface area contributed by atoms with Crippen LogP contribution in [0.1, 0.15) is 93.4 Å². The van der Waals surface area contributed by atoms with Gasteiger partial charge in [0.25, 0.3) is 5.69 Å². The molecule has 0 bridgehead atoms. The topological polar surface area (TPSA) is 97.1 Å². The molecule has 0 saturated carbocycles. The van der Waals surface area contributed by atoms with Crippen LogP contribution < -0.4 is 0 Å². The molecule has 0 aliphatic carbocycles. The Morgan fingerprint density at radius 2 is 1.07 bits per heavy atom. The predicted octanol–water partition coefficient (Wildman–Crippen LogP) is 10.5. The van der Waals surface area contributed by atoms with E-state index in [4.69, 9.17) is 18.0 Å². The predicted molar refractivity (Wildman–Crippen MR) is 198 cm³/mol. The second-order valence-electron chi connectivity index (χ2n) is 18.0. The van der Waals surface area contributed by atoms with Crippen molar-refractivity contribution in [1.82, 2.24) is 0 Å². The maximum absolute atomic E-state index is 13.0.